The number of para-hydroxylation sites is 1. The second-order valence-corrected chi connectivity index (χ2v) is 4.50. The van der Waals surface area contributed by atoms with Gasteiger partial charge in [0.25, 0.3) is 0 Å². The maximum absolute atomic E-state index is 10.5. The number of hydrogen-bond donors (Lipinski definition) is 1. The van der Waals surface area contributed by atoms with Crippen LogP contribution in [-0.4, -0.2) is 30.4 Å². The molecular weight excluding hydrogens is 268 g/mol. The van der Waals surface area contributed by atoms with Gasteiger partial charge in [0, 0.05) is 11.6 Å². The van der Waals surface area contributed by atoms with Crippen LogP contribution in [0, 0.1) is 0 Å². The van der Waals surface area contributed by atoms with Gasteiger partial charge in [-0.2, -0.15) is 0 Å². The Morgan fingerprint density at radius 1 is 1.42 bits per heavy atom. The Bertz CT molecular complexity index is 455. The number of benzene rings is 1. The van der Waals surface area contributed by atoms with Crippen molar-refractivity contribution in [1.29, 1.82) is 0 Å². The van der Waals surface area contributed by atoms with Gasteiger partial charge in [-0.3, -0.25) is 0 Å². The number of carboxylic acid groups (broad SMARTS) is 1. The molecule has 0 saturated heterocycles. The van der Waals surface area contributed by atoms with Crippen LogP contribution >= 0.6 is 11.6 Å². The molecule has 4 nitrogen and oxygen atoms in total. The summed E-state index contributed by atoms with van der Waals surface area (Å²) in [5, 5.41) is 9.07. The molecule has 0 saturated carbocycles. The first-order valence-corrected chi connectivity index (χ1v) is 6.32. The first kappa shape index (κ1) is 15.5. The fourth-order valence-corrected chi connectivity index (χ4v) is 1.63. The van der Waals surface area contributed by atoms with E-state index in [2.05, 4.69) is 0 Å². The lowest BCUT2D eigenvalue weighted by molar-refractivity contribution is -0.131. The Morgan fingerprint density at radius 2 is 2.16 bits per heavy atom. The van der Waals surface area contributed by atoms with Crippen molar-refractivity contribution in [1.82, 2.24) is 0 Å². The van der Waals surface area contributed by atoms with Gasteiger partial charge in [-0.1, -0.05) is 23.7 Å². The monoisotopic (exact) mass is 284 g/mol. The van der Waals surface area contributed by atoms with Crippen LogP contribution in [0.5, 0.6) is 5.75 Å². The highest BCUT2D eigenvalue weighted by Gasteiger charge is 2.06. The average Bonchev–Trinajstić information content (AvgIpc) is 2.33. The van der Waals surface area contributed by atoms with Crippen LogP contribution in [-0.2, 0) is 9.53 Å². The van der Waals surface area contributed by atoms with Gasteiger partial charge in [-0.15, -0.1) is 0 Å². The summed E-state index contributed by atoms with van der Waals surface area (Å²) in [5.41, 5.74) is 0.624. The molecule has 0 unspecified atom stereocenters. The number of halogens is 1. The molecule has 0 aromatic heterocycles. The minimum absolute atomic E-state index is 0.140. The molecule has 5 heteroatoms. The minimum Gasteiger partial charge on any atom is -0.489 e. The predicted octanol–water partition coefficient (Wildman–Crippen LogP) is 3.24. The van der Waals surface area contributed by atoms with Gasteiger partial charge >= 0.3 is 5.97 Å². The Kier molecular flexibility index (Phi) is 6.39. The van der Waals surface area contributed by atoms with Crippen LogP contribution in [0.25, 0.3) is 6.08 Å². The van der Waals surface area contributed by atoms with Gasteiger partial charge in [0.05, 0.1) is 17.7 Å². The molecule has 0 amide bonds. The molecule has 0 aliphatic rings. The predicted molar refractivity (Wildman–Crippen MR) is 74.7 cm³/mol. The van der Waals surface area contributed by atoms with Crippen LogP contribution in [0.4, 0.5) is 0 Å². The van der Waals surface area contributed by atoms with Gasteiger partial charge in [-0.25, -0.2) is 4.79 Å². The minimum atomic E-state index is -1.02. The van der Waals surface area contributed by atoms with Crippen molar-refractivity contribution >= 4 is 23.6 Å². The first-order chi connectivity index (χ1) is 9.00. The van der Waals surface area contributed by atoms with E-state index in [0.717, 1.165) is 6.08 Å². The van der Waals surface area contributed by atoms with E-state index < -0.39 is 5.97 Å². The van der Waals surface area contributed by atoms with Crippen molar-refractivity contribution in [2.45, 2.75) is 20.0 Å². The van der Waals surface area contributed by atoms with E-state index in [4.69, 9.17) is 26.2 Å². The molecule has 0 atom stereocenters. The van der Waals surface area contributed by atoms with Crippen molar-refractivity contribution in [3.8, 4) is 5.75 Å². The van der Waals surface area contributed by atoms with Crippen LogP contribution in [0.1, 0.15) is 19.4 Å². The average molecular weight is 285 g/mol. The number of ether oxygens (including phenoxy) is 2. The second-order valence-electron chi connectivity index (χ2n) is 4.10. The molecule has 0 fully saturated rings. The van der Waals surface area contributed by atoms with E-state index in [-0.39, 0.29) is 6.10 Å². The Hall–Kier alpha value is -1.52. The lowest BCUT2D eigenvalue weighted by Crippen LogP contribution is -2.11. The van der Waals surface area contributed by atoms with E-state index in [0.29, 0.717) is 29.5 Å². The van der Waals surface area contributed by atoms with Crippen molar-refractivity contribution < 1.29 is 19.4 Å². The molecule has 1 N–H and O–H groups in total. The van der Waals surface area contributed by atoms with Crippen molar-refractivity contribution in [3.05, 3.63) is 34.9 Å². The summed E-state index contributed by atoms with van der Waals surface area (Å²) in [4.78, 5) is 10.5. The molecule has 0 aliphatic carbocycles. The fraction of sp³-hybridized carbons (Fsp3) is 0.357. The van der Waals surface area contributed by atoms with E-state index in [1.165, 1.54) is 6.08 Å². The molecule has 0 heterocycles. The molecule has 0 radical (unpaired) electrons. The summed E-state index contributed by atoms with van der Waals surface area (Å²) in [6.45, 7) is 4.69. The van der Waals surface area contributed by atoms with E-state index in [1.807, 2.05) is 13.8 Å². The van der Waals surface area contributed by atoms with Crippen LogP contribution < -0.4 is 4.74 Å². The molecule has 1 rings (SSSR count). The maximum atomic E-state index is 10.5. The zero-order valence-electron chi connectivity index (χ0n) is 10.9. The van der Waals surface area contributed by atoms with Crippen molar-refractivity contribution in [2.24, 2.45) is 0 Å². The third kappa shape index (κ3) is 5.77. The standard InChI is InChI=1S/C14H17ClO4/c1-10(2)18-8-9-19-14-11(6-7-13(16)17)4-3-5-12(14)15/h3-7,10H,8-9H2,1-2H3,(H,16,17)/b7-6+. The Morgan fingerprint density at radius 3 is 2.79 bits per heavy atom. The Labute approximate surface area is 117 Å². The molecule has 0 bridgehead atoms. The summed E-state index contributed by atoms with van der Waals surface area (Å²) in [6.07, 6.45) is 2.64. The molecule has 0 spiro atoms. The number of carboxylic acids is 1. The van der Waals surface area contributed by atoms with Gasteiger partial charge in [0.1, 0.15) is 12.4 Å². The van der Waals surface area contributed by atoms with Gasteiger partial charge in [0.15, 0.2) is 0 Å². The molecular formula is C14H17ClO4. The number of hydrogen-bond acceptors (Lipinski definition) is 3. The number of carbonyl (C=O) groups is 1. The van der Waals surface area contributed by atoms with Crippen LogP contribution in [0.15, 0.2) is 24.3 Å². The molecule has 1 aromatic rings. The normalized spacial score (nSPS) is 11.2. The topological polar surface area (TPSA) is 55.8 Å². The van der Waals surface area contributed by atoms with Crippen LogP contribution in [0.3, 0.4) is 0 Å². The van der Waals surface area contributed by atoms with E-state index in [1.54, 1.807) is 18.2 Å². The van der Waals surface area contributed by atoms with Crippen molar-refractivity contribution in [2.75, 3.05) is 13.2 Å². The van der Waals surface area contributed by atoms with E-state index >= 15 is 0 Å². The summed E-state index contributed by atoms with van der Waals surface area (Å²) < 4.78 is 10.9. The Balaban J connectivity index is 2.72. The summed E-state index contributed by atoms with van der Waals surface area (Å²) in [7, 11) is 0. The SMILES string of the molecule is CC(C)OCCOc1c(Cl)cccc1/C=C/C(=O)O. The number of aliphatic carboxylic acids is 1. The highest BCUT2D eigenvalue weighted by atomic mass is 35.5. The number of rotatable bonds is 7. The summed E-state index contributed by atoms with van der Waals surface area (Å²) in [5.74, 6) is -0.553. The quantitative estimate of drug-likeness (QED) is 0.617. The maximum Gasteiger partial charge on any atom is 0.328 e. The fourth-order valence-electron chi connectivity index (χ4n) is 1.40. The van der Waals surface area contributed by atoms with Crippen LogP contribution in [0.2, 0.25) is 5.02 Å². The molecule has 1 aromatic carbocycles. The molecule has 19 heavy (non-hydrogen) atoms. The highest BCUT2D eigenvalue weighted by Crippen LogP contribution is 2.29. The van der Waals surface area contributed by atoms with Crippen molar-refractivity contribution in [3.63, 3.8) is 0 Å². The molecule has 104 valence electrons. The summed E-state index contributed by atoms with van der Waals surface area (Å²) >= 11 is 6.04. The van der Waals surface area contributed by atoms with Gasteiger partial charge in [0.2, 0.25) is 0 Å². The largest absolute Gasteiger partial charge is 0.489 e. The van der Waals surface area contributed by atoms with Gasteiger partial charge < -0.3 is 14.6 Å². The smallest absolute Gasteiger partial charge is 0.328 e. The molecule has 0 aliphatic heterocycles. The lowest BCUT2D eigenvalue weighted by atomic mass is 10.2. The van der Waals surface area contributed by atoms with E-state index in [9.17, 15) is 4.79 Å². The third-order valence-electron chi connectivity index (χ3n) is 2.18. The highest BCUT2D eigenvalue weighted by molar-refractivity contribution is 6.32. The first-order valence-electron chi connectivity index (χ1n) is 5.94. The summed E-state index contributed by atoms with van der Waals surface area (Å²) in [6, 6.07) is 5.17. The lowest BCUT2D eigenvalue weighted by Gasteiger charge is -2.12. The zero-order valence-corrected chi connectivity index (χ0v) is 11.7. The second kappa shape index (κ2) is 7.81. The third-order valence-corrected chi connectivity index (χ3v) is 2.48. The zero-order chi connectivity index (χ0) is 14.3. The van der Waals surface area contributed by atoms with Gasteiger partial charge in [-0.05, 0) is 26.0 Å².